The first-order valence-corrected chi connectivity index (χ1v) is 8.34. The van der Waals surface area contributed by atoms with E-state index in [0.29, 0.717) is 0 Å². The third kappa shape index (κ3) is 3.13. The second kappa shape index (κ2) is 6.49. The Morgan fingerprint density at radius 1 is 1.19 bits per heavy atom. The molecule has 1 unspecified atom stereocenters. The molecule has 0 aliphatic carbocycles. The minimum absolute atomic E-state index is 0.0118. The van der Waals surface area contributed by atoms with Gasteiger partial charge in [-0.15, -0.1) is 0 Å². The van der Waals surface area contributed by atoms with Crippen LogP contribution in [0.2, 0.25) is 0 Å². The van der Waals surface area contributed by atoms with E-state index < -0.39 is 35.6 Å². The van der Waals surface area contributed by atoms with Crippen LogP contribution < -0.4 is 0 Å². The van der Waals surface area contributed by atoms with E-state index in [1.165, 1.54) is 24.0 Å². The van der Waals surface area contributed by atoms with Gasteiger partial charge in [-0.25, -0.2) is 9.37 Å². The SMILES string of the molecule is CC1c2c(Br)nc(C(F)(F)F)n2CCN1C(=O)C(=O)c1ccc(F)cc1. The summed E-state index contributed by atoms with van der Waals surface area (Å²) in [6.07, 6.45) is -4.63. The van der Waals surface area contributed by atoms with Gasteiger partial charge >= 0.3 is 6.18 Å². The van der Waals surface area contributed by atoms with Crippen molar-refractivity contribution in [2.75, 3.05) is 6.54 Å². The maximum absolute atomic E-state index is 13.1. The van der Waals surface area contributed by atoms with Gasteiger partial charge in [0.1, 0.15) is 10.4 Å². The molecule has 138 valence electrons. The van der Waals surface area contributed by atoms with Crippen molar-refractivity contribution >= 4 is 27.6 Å². The number of hydrogen-bond acceptors (Lipinski definition) is 3. The molecule has 1 aromatic heterocycles. The number of ketones is 1. The van der Waals surface area contributed by atoms with Crippen LogP contribution in [-0.2, 0) is 17.5 Å². The van der Waals surface area contributed by atoms with Crippen LogP contribution in [-0.4, -0.2) is 32.7 Å². The molecular formula is C16H12BrF4N3O2. The summed E-state index contributed by atoms with van der Waals surface area (Å²) in [7, 11) is 0. The number of halogens is 5. The molecule has 2 aromatic rings. The first kappa shape index (κ1) is 18.6. The molecule has 1 aromatic carbocycles. The average molecular weight is 434 g/mol. The maximum atomic E-state index is 13.1. The Bertz CT molecular complexity index is 877. The zero-order valence-corrected chi connectivity index (χ0v) is 14.9. The van der Waals surface area contributed by atoms with E-state index in [2.05, 4.69) is 20.9 Å². The van der Waals surface area contributed by atoms with Gasteiger partial charge in [0.25, 0.3) is 5.91 Å². The first-order chi connectivity index (χ1) is 12.1. The van der Waals surface area contributed by atoms with E-state index in [9.17, 15) is 27.2 Å². The van der Waals surface area contributed by atoms with E-state index in [1.54, 1.807) is 0 Å². The van der Waals surface area contributed by atoms with E-state index in [4.69, 9.17) is 0 Å². The predicted molar refractivity (Wildman–Crippen MR) is 85.8 cm³/mol. The van der Waals surface area contributed by atoms with Crippen LogP contribution in [0, 0.1) is 5.82 Å². The Labute approximate surface area is 153 Å². The average Bonchev–Trinajstić information content (AvgIpc) is 2.92. The minimum atomic E-state index is -4.63. The van der Waals surface area contributed by atoms with Crippen molar-refractivity contribution in [3.8, 4) is 0 Å². The highest BCUT2D eigenvalue weighted by molar-refractivity contribution is 9.10. The molecule has 10 heteroatoms. The smallest absolute Gasteiger partial charge is 0.326 e. The molecule has 0 bridgehead atoms. The highest BCUT2D eigenvalue weighted by atomic mass is 79.9. The molecule has 5 nitrogen and oxygen atoms in total. The highest BCUT2D eigenvalue weighted by Crippen LogP contribution is 2.38. The number of imidazole rings is 1. The van der Waals surface area contributed by atoms with Gasteiger partial charge in [-0.1, -0.05) is 0 Å². The van der Waals surface area contributed by atoms with Crippen LogP contribution in [0.4, 0.5) is 17.6 Å². The van der Waals surface area contributed by atoms with Crippen LogP contribution in [0.3, 0.4) is 0 Å². The maximum Gasteiger partial charge on any atom is 0.449 e. The number of rotatable bonds is 2. The lowest BCUT2D eigenvalue weighted by molar-refractivity contribution is -0.148. The molecule has 0 fully saturated rings. The molecule has 1 aliphatic rings. The zero-order chi connectivity index (χ0) is 19.2. The molecule has 1 atom stereocenters. The fourth-order valence-corrected chi connectivity index (χ4v) is 3.67. The van der Waals surface area contributed by atoms with Crippen molar-refractivity contribution in [3.05, 3.63) is 51.8 Å². The van der Waals surface area contributed by atoms with Crippen LogP contribution >= 0.6 is 15.9 Å². The molecule has 0 radical (unpaired) electrons. The number of benzene rings is 1. The van der Waals surface area contributed by atoms with E-state index in [1.807, 2.05) is 0 Å². The van der Waals surface area contributed by atoms with Crippen molar-refractivity contribution < 1.29 is 27.2 Å². The third-order valence-electron chi connectivity index (χ3n) is 4.20. The Balaban J connectivity index is 1.90. The molecule has 1 amide bonds. The van der Waals surface area contributed by atoms with Gasteiger partial charge in [0.15, 0.2) is 0 Å². The molecule has 0 spiro atoms. The van der Waals surface area contributed by atoms with Crippen molar-refractivity contribution in [2.45, 2.75) is 25.7 Å². The number of nitrogens with zero attached hydrogens (tertiary/aromatic N) is 3. The summed E-state index contributed by atoms with van der Waals surface area (Å²) >= 11 is 3.01. The number of Topliss-reactive ketones (excluding diaryl/α,β-unsaturated/α-hetero) is 1. The van der Waals surface area contributed by atoms with Gasteiger partial charge in [0, 0.05) is 18.7 Å². The van der Waals surface area contributed by atoms with Crippen molar-refractivity contribution in [3.63, 3.8) is 0 Å². The lowest BCUT2D eigenvalue weighted by Crippen LogP contribution is -2.44. The Hall–Kier alpha value is -2.23. The van der Waals surface area contributed by atoms with Crippen LogP contribution in [0.15, 0.2) is 28.9 Å². The third-order valence-corrected chi connectivity index (χ3v) is 4.79. The van der Waals surface area contributed by atoms with Gasteiger partial charge in [-0.3, -0.25) is 9.59 Å². The standard InChI is InChI=1S/C16H12BrF4N3O2/c1-8-11-13(17)22-15(16(19,20)21)24(11)7-6-23(8)14(26)12(25)9-2-4-10(18)5-3-9/h2-5,8H,6-7H2,1H3. The Morgan fingerprint density at radius 2 is 1.81 bits per heavy atom. The van der Waals surface area contributed by atoms with E-state index in [0.717, 1.165) is 16.7 Å². The summed E-state index contributed by atoms with van der Waals surface area (Å²) in [4.78, 5) is 29.6. The van der Waals surface area contributed by atoms with E-state index in [-0.39, 0.29) is 29.0 Å². The minimum Gasteiger partial charge on any atom is -0.326 e. The monoisotopic (exact) mass is 433 g/mol. The topological polar surface area (TPSA) is 55.2 Å². The summed E-state index contributed by atoms with van der Waals surface area (Å²) in [6.45, 7) is 1.30. The summed E-state index contributed by atoms with van der Waals surface area (Å²) in [5.74, 6) is -3.31. The number of amides is 1. The number of hydrogen-bond donors (Lipinski definition) is 0. The number of carbonyl (C=O) groups excluding carboxylic acids is 2. The molecule has 0 saturated carbocycles. The normalized spacial score (nSPS) is 17.2. The molecule has 26 heavy (non-hydrogen) atoms. The van der Waals surface area contributed by atoms with Gasteiger partial charge in [0.05, 0.1) is 11.7 Å². The summed E-state index contributed by atoms with van der Waals surface area (Å²) in [5.41, 5.74) is 0.182. The molecule has 2 heterocycles. The van der Waals surface area contributed by atoms with Gasteiger partial charge in [0.2, 0.25) is 11.6 Å². The second-order valence-corrected chi connectivity index (χ2v) is 6.52. The largest absolute Gasteiger partial charge is 0.449 e. The number of carbonyl (C=O) groups is 2. The molecule has 3 rings (SSSR count). The fourth-order valence-electron chi connectivity index (χ4n) is 2.96. The molecule has 0 N–H and O–H groups in total. The van der Waals surface area contributed by atoms with Crippen molar-refractivity contribution in [1.29, 1.82) is 0 Å². The summed E-state index contributed by atoms with van der Waals surface area (Å²) in [6, 6.07) is 3.69. The lowest BCUT2D eigenvalue weighted by Gasteiger charge is -2.34. The quantitative estimate of drug-likeness (QED) is 0.413. The number of aromatic nitrogens is 2. The van der Waals surface area contributed by atoms with Crippen molar-refractivity contribution in [1.82, 2.24) is 14.5 Å². The second-order valence-electron chi connectivity index (χ2n) is 5.77. The predicted octanol–water partition coefficient (Wildman–Crippen LogP) is 3.59. The fraction of sp³-hybridized carbons (Fsp3) is 0.312. The van der Waals surface area contributed by atoms with Crippen LogP contribution in [0.25, 0.3) is 0 Å². The Kier molecular flexibility index (Phi) is 4.63. The first-order valence-electron chi connectivity index (χ1n) is 7.55. The zero-order valence-electron chi connectivity index (χ0n) is 13.3. The van der Waals surface area contributed by atoms with Crippen LogP contribution in [0.1, 0.15) is 34.8 Å². The number of fused-ring (bicyclic) bond motifs is 1. The highest BCUT2D eigenvalue weighted by Gasteiger charge is 2.42. The van der Waals surface area contributed by atoms with Gasteiger partial charge in [-0.2, -0.15) is 13.2 Å². The lowest BCUT2D eigenvalue weighted by atomic mass is 10.1. The summed E-state index contributed by atoms with van der Waals surface area (Å²) < 4.78 is 53.2. The Morgan fingerprint density at radius 3 is 2.38 bits per heavy atom. The number of alkyl halides is 3. The van der Waals surface area contributed by atoms with Gasteiger partial charge < -0.3 is 9.47 Å². The molecular weight excluding hydrogens is 422 g/mol. The molecule has 1 aliphatic heterocycles. The summed E-state index contributed by atoms with van der Waals surface area (Å²) in [5, 5.41) is 0. The van der Waals surface area contributed by atoms with Gasteiger partial charge in [-0.05, 0) is 47.1 Å². The van der Waals surface area contributed by atoms with Crippen molar-refractivity contribution in [2.24, 2.45) is 0 Å². The van der Waals surface area contributed by atoms with Crippen LogP contribution in [0.5, 0.6) is 0 Å². The molecule has 0 saturated heterocycles. The van der Waals surface area contributed by atoms with E-state index >= 15 is 0 Å².